The number of carboxylic acids is 1. The molecular formula is C31H29NO3Se. The summed E-state index contributed by atoms with van der Waals surface area (Å²) in [5.41, 5.74) is 7.28. The molecule has 0 aliphatic heterocycles. The van der Waals surface area contributed by atoms with Crippen LogP contribution in [-0.2, 0) is 16.8 Å². The number of carbonyl (C=O) groups is 2. The van der Waals surface area contributed by atoms with Gasteiger partial charge in [-0.2, -0.15) is 0 Å². The van der Waals surface area contributed by atoms with Crippen LogP contribution in [-0.4, -0.2) is 43.9 Å². The Morgan fingerprint density at radius 3 is 2.36 bits per heavy atom. The minimum absolute atomic E-state index is 0.0116. The summed E-state index contributed by atoms with van der Waals surface area (Å²) in [7, 11) is 1.82. The predicted octanol–water partition coefficient (Wildman–Crippen LogP) is 4.81. The predicted molar refractivity (Wildman–Crippen MR) is 145 cm³/mol. The number of aromatic carboxylic acids is 1. The van der Waals surface area contributed by atoms with Gasteiger partial charge in [-0.05, 0) is 0 Å². The van der Waals surface area contributed by atoms with Gasteiger partial charge in [-0.15, -0.1) is 0 Å². The normalized spacial score (nSPS) is 13.6. The number of benzene rings is 3. The third kappa shape index (κ3) is 5.79. The van der Waals surface area contributed by atoms with E-state index >= 15 is 0 Å². The zero-order valence-electron chi connectivity index (χ0n) is 21.0. The van der Waals surface area contributed by atoms with E-state index in [1.807, 2.05) is 7.05 Å². The van der Waals surface area contributed by atoms with Crippen LogP contribution in [0.2, 0.25) is 0 Å². The monoisotopic (exact) mass is 543 g/mol. The molecule has 1 aliphatic carbocycles. The zero-order valence-corrected chi connectivity index (χ0v) is 22.7. The van der Waals surface area contributed by atoms with E-state index in [-0.39, 0.29) is 31.8 Å². The van der Waals surface area contributed by atoms with E-state index in [4.69, 9.17) is 5.11 Å². The Morgan fingerprint density at radius 2 is 1.72 bits per heavy atom. The molecule has 0 radical (unpaired) electrons. The number of carboxylic acid groups (broad SMARTS) is 1. The molecule has 0 fully saturated rings. The molecule has 0 bridgehead atoms. The Balaban J connectivity index is 1.55. The van der Waals surface area contributed by atoms with E-state index in [1.165, 1.54) is 26.7 Å². The summed E-state index contributed by atoms with van der Waals surface area (Å²) < 4.78 is 1.23. The molecule has 0 saturated carbocycles. The molecule has 0 saturated heterocycles. The first-order chi connectivity index (χ1) is 17.1. The molecule has 36 heavy (non-hydrogen) atoms. The minimum atomic E-state index is -0.930. The molecule has 3 aromatic carbocycles. The van der Waals surface area contributed by atoms with Crippen LogP contribution in [0.5, 0.6) is 0 Å². The summed E-state index contributed by atoms with van der Waals surface area (Å²) >= 11 is -0.0116. The van der Waals surface area contributed by atoms with Crippen LogP contribution in [0.4, 0.5) is 0 Å². The second-order valence-corrected chi connectivity index (χ2v) is 11.5. The number of carbonyl (C=O) groups excluding carboxylic acids is 1. The van der Waals surface area contributed by atoms with Crippen molar-refractivity contribution in [2.24, 2.45) is 0 Å². The van der Waals surface area contributed by atoms with E-state index in [0.717, 1.165) is 17.5 Å². The number of allylic oxidation sites excluding steroid dienone is 1. The summed E-state index contributed by atoms with van der Waals surface area (Å²) in [6, 6.07) is 21.9. The molecule has 4 nitrogen and oxygen atoms in total. The summed E-state index contributed by atoms with van der Waals surface area (Å²) in [5, 5.41) is 9.04. The number of amides is 1. The van der Waals surface area contributed by atoms with Gasteiger partial charge in [0.05, 0.1) is 0 Å². The first kappa shape index (κ1) is 25.5. The average molecular weight is 543 g/mol. The topological polar surface area (TPSA) is 57.6 Å². The molecule has 1 aliphatic rings. The summed E-state index contributed by atoms with van der Waals surface area (Å²) in [6.07, 6.45) is 3.30. The Bertz CT molecular complexity index is 1390. The maximum atomic E-state index is 11.6. The van der Waals surface area contributed by atoms with Crippen LogP contribution in [0.3, 0.4) is 0 Å². The summed E-state index contributed by atoms with van der Waals surface area (Å²) in [6.45, 7) is 6.76. The first-order valence-electron chi connectivity index (χ1n) is 11.8. The van der Waals surface area contributed by atoms with Gasteiger partial charge in [-0.1, -0.05) is 0 Å². The Hall–Kier alpha value is -3.58. The standard InChI is InChI=1S/C31H29NO3Se/c1-21(33)32(4)20-23-7-9-24(10-8-23)27-15-17-31(2,3)29-19-26(13-14-28(27)29)36-18-16-22-5-11-25(12-6-22)30(34)35/h5-15,19H,17,20H2,1-4H3,(H,34,35). The van der Waals surface area contributed by atoms with Gasteiger partial charge in [0.2, 0.25) is 0 Å². The van der Waals surface area contributed by atoms with E-state index < -0.39 is 5.97 Å². The van der Waals surface area contributed by atoms with Crippen molar-refractivity contribution >= 4 is 36.9 Å². The van der Waals surface area contributed by atoms with E-state index in [0.29, 0.717) is 6.54 Å². The van der Waals surface area contributed by atoms with Crippen LogP contribution >= 0.6 is 0 Å². The molecule has 182 valence electrons. The van der Waals surface area contributed by atoms with Crippen molar-refractivity contribution in [1.29, 1.82) is 0 Å². The summed E-state index contributed by atoms with van der Waals surface area (Å²) in [4.78, 5) is 27.6. The number of nitrogens with zero attached hydrogens (tertiary/aromatic N) is 1. The zero-order chi connectivity index (χ0) is 25.9. The van der Waals surface area contributed by atoms with Gasteiger partial charge in [0.25, 0.3) is 0 Å². The molecule has 3 aromatic rings. The molecule has 1 N–H and O–H groups in total. The third-order valence-corrected chi connectivity index (χ3v) is 8.00. The van der Waals surface area contributed by atoms with Gasteiger partial charge in [0.1, 0.15) is 0 Å². The SMILES string of the molecule is CC(=O)N(C)Cc1ccc(C2=CCC(C)(C)c3cc([Se]C#Cc4ccc(C(=O)O)cc4)ccc32)cc1. The van der Waals surface area contributed by atoms with Crippen molar-refractivity contribution in [2.75, 3.05) is 7.05 Å². The van der Waals surface area contributed by atoms with Gasteiger partial charge in [0, 0.05) is 6.92 Å². The van der Waals surface area contributed by atoms with Crippen molar-refractivity contribution in [3.63, 3.8) is 0 Å². The molecule has 1 amide bonds. The second kappa shape index (κ2) is 10.6. The Kier molecular flexibility index (Phi) is 7.50. The van der Waals surface area contributed by atoms with Gasteiger partial charge in [0.15, 0.2) is 0 Å². The van der Waals surface area contributed by atoms with E-state index in [2.05, 4.69) is 73.1 Å². The Labute approximate surface area is 219 Å². The molecule has 4 rings (SSSR count). The molecule has 0 spiro atoms. The number of hydrogen-bond donors (Lipinski definition) is 1. The molecule has 0 heterocycles. The third-order valence-electron chi connectivity index (χ3n) is 6.55. The van der Waals surface area contributed by atoms with Gasteiger partial charge >= 0.3 is 208 Å². The van der Waals surface area contributed by atoms with Crippen LogP contribution < -0.4 is 4.46 Å². The molecular weight excluding hydrogens is 513 g/mol. The van der Waals surface area contributed by atoms with Crippen molar-refractivity contribution in [3.05, 3.63) is 106 Å². The van der Waals surface area contributed by atoms with Gasteiger partial charge < -0.3 is 0 Å². The first-order valence-corrected chi connectivity index (χ1v) is 13.5. The molecule has 0 unspecified atom stereocenters. The van der Waals surface area contributed by atoms with Crippen molar-refractivity contribution in [2.45, 2.75) is 39.2 Å². The Morgan fingerprint density at radius 1 is 1.03 bits per heavy atom. The van der Waals surface area contributed by atoms with Gasteiger partial charge in [-0.3, -0.25) is 4.79 Å². The number of hydrogen-bond acceptors (Lipinski definition) is 2. The van der Waals surface area contributed by atoms with Crippen molar-refractivity contribution in [3.8, 4) is 10.7 Å². The molecule has 0 atom stereocenters. The fourth-order valence-corrected chi connectivity index (χ4v) is 5.50. The van der Waals surface area contributed by atoms with E-state index in [1.54, 1.807) is 36.1 Å². The van der Waals surface area contributed by atoms with Crippen LogP contribution in [0.25, 0.3) is 5.57 Å². The quantitative estimate of drug-likeness (QED) is 0.372. The van der Waals surface area contributed by atoms with E-state index in [9.17, 15) is 9.59 Å². The maximum absolute atomic E-state index is 11.6. The fourth-order valence-electron chi connectivity index (χ4n) is 4.25. The summed E-state index contributed by atoms with van der Waals surface area (Å²) in [5.74, 6) is 2.30. The van der Waals surface area contributed by atoms with Crippen LogP contribution in [0.15, 0.2) is 72.8 Å². The average Bonchev–Trinajstić information content (AvgIpc) is 2.85. The van der Waals surface area contributed by atoms with Crippen LogP contribution in [0.1, 0.15) is 65.4 Å². The van der Waals surface area contributed by atoms with Crippen LogP contribution in [0, 0.1) is 10.7 Å². The number of fused-ring (bicyclic) bond motifs is 1. The number of rotatable bonds is 5. The second-order valence-electron chi connectivity index (χ2n) is 9.70. The van der Waals surface area contributed by atoms with Crippen molar-refractivity contribution in [1.82, 2.24) is 4.90 Å². The van der Waals surface area contributed by atoms with Gasteiger partial charge in [-0.25, -0.2) is 0 Å². The molecule has 0 aromatic heterocycles. The fraction of sp³-hybridized carbons (Fsp3) is 0.226. The van der Waals surface area contributed by atoms with Crippen molar-refractivity contribution < 1.29 is 14.7 Å². The molecule has 5 heteroatoms.